The Morgan fingerprint density at radius 1 is 1.43 bits per heavy atom. The molecule has 0 spiro atoms. The van der Waals surface area contributed by atoms with Gasteiger partial charge in [-0.3, -0.25) is 4.79 Å². The molecule has 1 atom stereocenters. The maximum Gasteiger partial charge on any atom is 0.234 e. The van der Waals surface area contributed by atoms with Crippen LogP contribution in [-0.2, 0) is 4.79 Å². The summed E-state index contributed by atoms with van der Waals surface area (Å²) in [6.07, 6.45) is 1.17. The van der Waals surface area contributed by atoms with E-state index in [1.165, 1.54) is 6.42 Å². The number of amides is 1. The van der Waals surface area contributed by atoms with Crippen molar-refractivity contribution in [2.24, 2.45) is 5.73 Å². The zero-order chi connectivity index (χ0) is 11.0. The molecule has 14 heavy (non-hydrogen) atoms. The molecule has 0 saturated heterocycles. The lowest BCUT2D eigenvalue weighted by Crippen LogP contribution is -2.42. The van der Waals surface area contributed by atoms with Crippen LogP contribution in [0.1, 0.15) is 27.2 Å². The van der Waals surface area contributed by atoms with Crippen LogP contribution in [0.5, 0.6) is 0 Å². The van der Waals surface area contributed by atoms with Gasteiger partial charge in [0, 0.05) is 13.1 Å². The molecule has 0 bridgehead atoms. The summed E-state index contributed by atoms with van der Waals surface area (Å²) in [6, 6.07) is -0.227. The molecule has 0 fully saturated rings. The molecule has 4 heteroatoms. The Balaban J connectivity index is 3.55. The molecule has 0 aromatic carbocycles. The van der Waals surface area contributed by atoms with Crippen LogP contribution in [0.3, 0.4) is 0 Å². The van der Waals surface area contributed by atoms with E-state index in [9.17, 15) is 4.79 Å². The third-order valence-electron chi connectivity index (χ3n) is 2.29. The van der Waals surface area contributed by atoms with Crippen LogP contribution < -0.4 is 11.1 Å². The summed E-state index contributed by atoms with van der Waals surface area (Å²) in [4.78, 5) is 13.1. The molecular formula is C10H23N3O. The molecule has 0 aliphatic carbocycles. The molecule has 0 heterocycles. The molecular weight excluding hydrogens is 178 g/mol. The van der Waals surface area contributed by atoms with Crippen LogP contribution in [0, 0.1) is 0 Å². The first-order chi connectivity index (χ1) is 6.61. The van der Waals surface area contributed by atoms with Crippen molar-refractivity contribution in [3.8, 4) is 0 Å². The first kappa shape index (κ1) is 13.4. The van der Waals surface area contributed by atoms with Crippen molar-refractivity contribution in [2.45, 2.75) is 33.2 Å². The van der Waals surface area contributed by atoms with Crippen LogP contribution in [0.15, 0.2) is 0 Å². The number of hydrogen-bond donors (Lipinski definition) is 2. The molecule has 0 aliphatic rings. The SMILES string of the molecule is CCCN(CC)CCNC(C)C(N)=O. The number of hydrogen-bond acceptors (Lipinski definition) is 3. The van der Waals surface area contributed by atoms with Crippen molar-refractivity contribution in [1.29, 1.82) is 0 Å². The zero-order valence-corrected chi connectivity index (χ0v) is 9.55. The third-order valence-corrected chi connectivity index (χ3v) is 2.29. The Morgan fingerprint density at radius 2 is 2.07 bits per heavy atom. The van der Waals surface area contributed by atoms with E-state index in [0.717, 1.165) is 26.2 Å². The van der Waals surface area contributed by atoms with E-state index in [2.05, 4.69) is 24.1 Å². The van der Waals surface area contributed by atoms with Gasteiger partial charge in [-0.05, 0) is 26.4 Å². The number of nitrogens with two attached hydrogens (primary N) is 1. The maximum atomic E-state index is 10.7. The Hall–Kier alpha value is -0.610. The highest BCUT2D eigenvalue weighted by molar-refractivity contribution is 5.79. The smallest absolute Gasteiger partial charge is 0.234 e. The molecule has 0 aliphatic heterocycles. The second-order valence-electron chi connectivity index (χ2n) is 3.51. The number of likely N-dealkylation sites (N-methyl/N-ethyl adjacent to an activating group) is 1. The van der Waals surface area contributed by atoms with E-state index < -0.39 is 0 Å². The monoisotopic (exact) mass is 201 g/mol. The fourth-order valence-electron chi connectivity index (χ4n) is 1.28. The van der Waals surface area contributed by atoms with Crippen LogP contribution in [-0.4, -0.2) is 43.0 Å². The molecule has 3 N–H and O–H groups in total. The van der Waals surface area contributed by atoms with Crippen molar-refractivity contribution in [1.82, 2.24) is 10.2 Å². The fraction of sp³-hybridized carbons (Fsp3) is 0.900. The Kier molecular flexibility index (Phi) is 7.42. The van der Waals surface area contributed by atoms with Gasteiger partial charge in [0.05, 0.1) is 6.04 Å². The van der Waals surface area contributed by atoms with Gasteiger partial charge in [0.2, 0.25) is 5.91 Å². The molecule has 0 radical (unpaired) electrons. The summed E-state index contributed by atoms with van der Waals surface area (Å²) in [5.74, 6) is -0.288. The molecule has 0 aromatic rings. The summed E-state index contributed by atoms with van der Waals surface area (Å²) in [6.45, 7) is 10.1. The van der Waals surface area contributed by atoms with Crippen molar-refractivity contribution in [3.63, 3.8) is 0 Å². The molecule has 0 rings (SSSR count). The summed E-state index contributed by atoms with van der Waals surface area (Å²) in [5.41, 5.74) is 5.13. The van der Waals surface area contributed by atoms with Crippen molar-refractivity contribution in [3.05, 3.63) is 0 Å². The van der Waals surface area contributed by atoms with Gasteiger partial charge < -0.3 is 16.0 Å². The number of rotatable bonds is 8. The van der Waals surface area contributed by atoms with Crippen molar-refractivity contribution in [2.75, 3.05) is 26.2 Å². The minimum absolute atomic E-state index is 0.227. The van der Waals surface area contributed by atoms with E-state index in [4.69, 9.17) is 5.73 Å². The lowest BCUT2D eigenvalue weighted by Gasteiger charge is -2.20. The summed E-state index contributed by atoms with van der Waals surface area (Å²) in [5, 5.41) is 3.09. The predicted molar refractivity (Wildman–Crippen MR) is 59.1 cm³/mol. The number of primary amides is 1. The number of carbonyl (C=O) groups is 1. The Bertz CT molecular complexity index is 161. The summed E-state index contributed by atoms with van der Waals surface area (Å²) >= 11 is 0. The minimum Gasteiger partial charge on any atom is -0.368 e. The Labute approximate surface area is 86.8 Å². The van der Waals surface area contributed by atoms with Crippen LogP contribution in [0.4, 0.5) is 0 Å². The van der Waals surface area contributed by atoms with E-state index in [1.54, 1.807) is 6.92 Å². The summed E-state index contributed by atoms with van der Waals surface area (Å²) in [7, 11) is 0. The first-order valence-corrected chi connectivity index (χ1v) is 5.36. The zero-order valence-electron chi connectivity index (χ0n) is 9.55. The van der Waals surface area contributed by atoms with Gasteiger partial charge in [-0.25, -0.2) is 0 Å². The molecule has 4 nitrogen and oxygen atoms in total. The number of nitrogens with one attached hydrogen (secondary N) is 1. The molecule has 0 saturated carbocycles. The first-order valence-electron chi connectivity index (χ1n) is 5.36. The largest absolute Gasteiger partial charge is 0.368 e. The van der Waals surface area contributed by atoms with Gasteiger partial charge in [0.1, 0.15) is 0 Å². The summed E-state index contributed by atoms with van der Waals surface area (Å²) < 4.78 is 0. The predicted octanol–water partition coefficient (Wildman–Crippen LogP) is 0.182. The van der Waals surface area contributed by atoms with Crippen LogP contribution in [0.25, 0.3) is 0 Å². The van der Waals surface area contributed by atoms with E-state index in [1.807, 2.05) is 0 Å². The average molecular weight is 201 g/mol. The fourth-order valence-corrected chi connectivity index (χ4v) is 1.28. The third kappa shape index (κ3) is 5.94. The maximum absolute atomic E-state index is 10.7. The number of carbonyl (C=O) groups excluding carboxylic acids is 1. The van der Waals surface area contributed by atoms with E-state index in [-0.39, 0.29) is 11.9 Å². The average Bonchev–Trinajstić information content (AvgIpc) is 2.16. The standard InChI is InChI=1S/C10H23N3O/c1-4-7-13(5-2)8-6-12-9(3)10(11)14/h9,12H,4-8H2,1-3H3,(H2,11,14). The number of nitrogens with zero attached hydrogens (tertiary/aromatic N) is 1. The second-order valence-corrected chi connectivity index (χ2v) is 3.51. The van der Waals surface area contributed by atoms with Gasteiger partial charge in [-0.15, -0.1) is 0 Å². The van der Waals surface area contributed by atoms with Crippen molar-refractivity contribution >= 4 is 5.91 Å². The second kappa shape index (κ2) is 7.76. The van der Waals surface area contributed by atoms with Gasteiger partial charge in [-0.2, -0.15) is 0 Å². The Morgan fingerprint density at radius 3 is 2.50 bits per heavy atom. The van der Waals surface area contributed by atoms with Gasteiger partial charge >= 0.3 is 0 Å². The highest BCUT2D eigenvalue weighted by atomic mass is 16.1. The quantitative estimate of drug-likeness (QED) is 0.589. The van der Waals surface area contributed by atoms with E-state index in [0.29, 0.717) is 0 Å². The van der Waals surface area contributed by atoms with Gasteiger partial charge in [0.15, 0.2) is 0 Å². The highest BCUT2D eigenvalue weighted by Crippen LogP contribution is 1.89. The molecule has 0 aromatic heterocycles. The van der Waals surface area contributed by atoms with Crippen molar-refractivity contribution < 1.29 is 4.79 Å². The molecule has 84 valence electrons. The normalized spacial score (nSPS) is 13.1. The van der Waals surface area contributed by atoms with Crippen LogP contribution >= 0.6 is 0 Å². The van der Waals surface area contributed by atoms with Gasteiger partial charge in [0.25, 0.3) is 0 Å². The topological polar surface area (TPSA) is 58.4 Å². The highest BCUT2D eigenvalue weighted by Gasteiger charge is 2.07. The molecule has 1 unspecified atom stereocenters. The minimum atomic E-state index is -0.288. The lowest BCUT2D eigenvalue weighted by molar-refractivity contribution is -0.119. The van der Waals surface area contributed by atoms with Gasteiger partial charge in [-0.1, -0.05) is 13.8 Å². The van der Waals surface area contributed by atoms with Crippen LogP contribution in [0.2, 0.25) is 0 Å². The van der Waals surface area contributed by atoms with E-state index >= 15 is 0 Å². The lowest BCUT2D eigenvalue weighted by atomic mass is 10.3. The molecule has 1 amide bonds.